The third-order valence-corrected chi connectivity index (χ3v) is 3.37. The lowest BCUT2D eigenvalue weighted by molar-refractivity contribution is 0.414. The molecule has 1 heterocycles. The van der Waals surface area contributed by atoms with E-state index in [1.54, 1.807) is 7.11 Å². The summed E-state index contributed by atoms with van der Waals surface area (Å²) >= 11 is 0. The first-order valence-corrected chi connectivity index (χ1v) is 5.59. The van der Waals surface area contributed by atoms with Crippen LogP contribution in [0.1, 0.15) is 26.2 Å². The maximum Gasteiger partial charge on any atom is 0.203 e. The van der Waals surface area contributed by atoms with Gasteiger partial charge >= 0.3 is 0 Å². The molecule has 0 aromatic carbocycles. The molecule has 0 radical (unpaired) electrons. The summed E-state index contributed by atoms with van der Waals surface area (Å²) in [5.74, 6) is 1.60. The predicted octanol–water partition coefficient (Wildman–Crippen LogP) is 1.67. The van der Waals surface area contributed by atoms with Crippen molar-refractivity contribution >= 4 is 11.6 Å². The summed E-state index contributed by atoms with van der Waals surface area (Å²) in [6.07, 6.45) is 5.23. The second-order valence-electron chi connectivity index (χ2n) is 4.35. The molecule has 1 aromatic rings. The second-order valence-corrected chi connectivity index (χ2v) is 4.35. The van der Waals surface area contributed by atoms with E-state index in [-0.39, 0.29) is 0 Å². The highest BCUT2D eigenvalue weighted by atomic mass is 16.5. The Hall–Kier alpha value is -1.52. The lowest BCUT2D eigenvalue weighted by atomic mass is 10.0. The van der Waals surface area contributed by atoms with Crippen LogP contribution in [0.2, 0.25) is 0 Å². The van der Waals surface area contributed by atoms with Crippen LogP contribution in [-0.2, 0) is 0 Å². The van der Waals surface area contributed by atoms with Crippen LogP contribution in [0.15, 0.2) is 6.33 Å². The highest BCUT2D eigenvalue weighted by molar-refractivity contribution is 5.61. The molecule has 5 heteroatoms. The molecule has 16 heavy (non-hydrogen) atoms. The molecule has 0 unspecified atom stereocenters. The molecule has 1 aliphatic carbocycles. The average Bonchev–Trinajstić information content (AvgIpc) is 3.07. The maximum absolute atomic E-state index is 5.70. The van der Waals surface area contributed by atoms with Crippen molar-refractivity contribution < 1.29 is 4.74 Å². The molecule has 2 rings (SSSR count). The van der Waals surface area contributed by atoms with E-state index in [1.807, 2.05) is 0 Å². The van der Waals surface area contributed by atoms with Crippen LogP contribution >= 0.6 is 0 Å². The van der Waals surface area contributed by atoms with Crippen molar-refractivity contribution in [1.82, 2.24) is 9.97 Å². The predicted molar refractivity (Wildman–Crippen MR) is 63.4 cm³/mol. The number of rotatable bonds is 5. The number of nitrogens with one attached hydrogen (secondary N) is 1. The minimum Gasteiger partial charge on any atom is -0.490 e. The SMILES string of the molecule is CCC1(CNc2ncnc(N)c2OC)CC1. The standard InChI is InChI=1S/C11H18N4O/c1-3-11(4-5-11)6-13-10-8(16-2)9(12)14-7-15-10/h7H,3-6H2,1-2H3,(H3,12,13,14,15). The van der Waals surface area contributed by atoms with Gasteiger partial charge in [0.25, 0.3) is 0 Å². The van der Waals surface area contributed by atoms with Crippen molar-refractivity contribution in [2.45, 2.75) is 26.2 Å². The van der Waals surface area contributed by atoms with Gasteiger partial charge in [0.15, 0.2) is 11.6 Å². The van der Waals surface area contributed by atoms with Crippen LogP contribution in [0, 0.1) is 5.41 Å². The Morgan fingerprint density at radius 1 is 1.50 bits per heavy atom. The molecule has 0 aliphatic heterocycles. The first kappa shape index (κ1) is 11.0. The van der Waals surface area contributed by atoms with Crippen LogP contribution < -0.4 is 15.8 Å². The minimum atomic E-state index is 0.376. The van der Waals surface area contributed by atoms with Crippen molar-refractivity contribution in [3.05, 3.63) is 6.33 Å². The molecule has 0 spiro atoms. The lowest BCUT2D eigenvalue weighted by Gasteiger charge is -2.15. The Kier molecular flexibility index (Phi) is 2.85. The second kappa shape index (κ2) is 4.15. The van der Waals surface area contributed by atoms with Crippen molar-refractivity contribution in [2.75, 3.05) is 24.7 Å². The number of hydrogen-bond donors (Lipinski definition) is 2. The van der Waals surface area contributed by atoms with Gasteiger partial charge in [-0.2, -0.15) is 0 Å². The smallest absolute Gasteiger partial charge is 0.203 e. The largest absolute Gasteiger partial charge is 0.490 e. The van der Waals surface area contributed by atoms with Crippen LogP contribution in [0.4, 0.5) is 11.6 Å². The van der Waals surface area contributed by atoms with Gasteiger partial charge in [-0.15, -0.1) is 0 Å². The molecule has 0 amide bonds. The quantitative estimate of drug-likeness (QED) is 0.792. The Bertz CT molecular complexity index is 376. The highest BCUT2D eigenvalue weighted by Crippen LogP contribution is 2.48. The number of nitrogen functional groups attached to an aromatic ring is 1. The maximum atomic E-state index is 5.70. The molecule has 88 valence electrons. The van der Waals surface area contributed by atoms with Gasteiger partial charge in [-0.05, 0) is 24.7 Å². The van der Waals surface area contributed by atoms with E-state index in [4.69, 9.17) is 10.5 Å². The van der Waals surface area contributed by atoms with Crippen molar-refractivity contribution in [3.63, 3.8) is 0 Å². The summed E-state index contributed by atoms with van der Waals surface area (Å²) in [5.41, 5.74) is 6.17. The fourth-order valence-corrected chi connectivity index (χ4v) is 1.82. The Morgan fingerprint density at radius 2 is 2.25 bits per heavy atom. The summed E-state index contributed by atoms with van der Waals surface area (Å²) in [6, 6.07) is 0. The molecular formula is C11H18N4O. The van der Waals surface area contributed by atoms with Gasteiger partial charge < -0.3 is 15.8 Å². The van der Waals surface area contributed by atoms with Crippen molar-refractivity contribution in [3.8, 4) is 5.75 Å². The fraction of sp³-hybridized carbons (Fsp3) is 0.636. The van der Waals surface area contributed by atoms with Gasteiger partial charge in [-0.1, -0.05) is 6.92 Å². The molecule has 5 nitrogen and oxygen atoms in total. The van der Waals surface area contributed by atoms with Gasteiger partial charge in [0.1, 0.15) is 6.33 Å². The Morgan fingerprint density at radius 3 is 2.81 bits per heavy atom. The summed E-state index contributed by atoms with van der Waals surface area (Å²) in [5, 5.41) is 3.30. The van der Waals surface area contributed by atoms with E-state index in [1.165, 1.54) is 25.6 Å². The van der Waals surface area contributed by atoms with E-state index in [0.29, 0.717) is 22.8 Å². The zero-order chi connectivity index (χ0) is 11.6. The van der Waals surface area contributed by atoms with Gasteiger partial charge in [0.05, 0.1) is 7.11 Å². The summed E-state index contributed by atoms with van der Waals surface area (Å²) in [7, 11) is 1.58. The van der Waals surface area contributed by atoms with Crippen LogP contribution in [-0.4, -0.2) is 23.6 Å². The number of nitrogens with two attached hydrogens (primary N) is 1. The van der Waals surface area contributed by atoms with E-state index in [9.17, 15) is 0 Å². The zero-order valence-electron chi connectivity index (χ0n) is 9.79. The molecule has 1 aliphatic rings. The normalized spacial score (nSPS) is 16.9. The molecule has 0 atom stereocenters. The first-order valence-electron chi connectivity index (χ1n) is 5.59. The number of nitrogens with zero attached hydrogens (tertiary/aromatic N) is 2. The summed E-state index contributed by atoms with van der Waals surface area (Å²) in [4.78, 5) is 8.04. The fourth-order valence-electron chi connectivity index (χ4n) is 1.82. The Labute approximate surface area is 95.4 Å². The summed E-state index contributed by atoms with van der Waals surface area (Å²) < 4.78 is 5.18. The Balaban J connectivity index is 2.06. The van der Waals surface area contributed by atoms with Crippen molar-refractivity contribution in [2.24, 2.45) is 5.41 Å². The molecule has 1 saturated carbocycles. The van der Waals surface area contributed by atoms with Gasteiger partial charge in [0.2, 0.25) is 5.75 Å². The first-order chi connectivity index (χ1) is 7.71. The average molecular weight is 222 g/mol. The van der Waals surface area contributed by atoms with E-state index >= 15 is 0 Å². The van der Waals surface area contributed by atoms with E-state index in [2.05, 4.69) is 22.2 Å². The minimum absolute atomic E-state index is 0.376. The summed E-state index contributed by atoms with van der Waals surface area (Å²) in [6.45, 7) is 3.15. The monoisotopic (exact) mass is 222 g/mol. The van der Waals surface area contributed by atoms with Crippen molar-refractivity contribution in [1.29, 1.82) is 0 Å². The van der Waals surface area contributed by atoms with Gasteiger partial charge in [-0.25, -0.2) is 9.97 Å². The lowest BCUT2D eigenvalue weighted by Crippen LogP contribution is -2.16. The number of ether oxygens (including phenoxy) is 1. The molecule has 3 N–H and O–H groups in total. The third kappa shape index (κ3) is 2.03. The molecule has 0 saturated heterocycles. The topological polar surface area (TPSA) is 73.1 Å². The van der Waals surface area contributed by atoms with Crippen LogP contribution in [0.5, 0.6) is 5.75 Å². The molecule has 0 bridgehead atoms. The molecule has 1 aromatic heterocycles. The van der Waals surface area contributed by atoms with Crippen LogP contribution in [0.3, 0.4) is 0 Å². The highest BCUT2D eigenvalue weighted by Gasteiger charge is 2.40. The number of hydrogen-bond acceptors (Lipinski definition) is 5. The molecular weight excluding hydrogens is 204 g/mol. The van der Waals surface area contributed by atoms with E-state index in [0.717, 1.165) is 6.54 Å². The third-order valence-electron chi connectivity index (χ3n) is 3.37. The molecule has 1 fully saturated rings. The van der Waals surface area contributed by atoms with E-state index < -0.39 is 0 Å². The number of methoxy groups -OCH3 is 1. The number of aromatic nitrogens is 2. The van der Waals surface area contributed by atoms with Gasteiger partial charge in [-0.3, -0.25) is 0 Å². The number of anilines is 2. The van der Waals surface area contributed by atoms with Gasteiger partial charge in [0, 0.05) is 6.54 Å². The zero-order valence-corrected chi connectivity index (χ0v) is 9.79. The van der Waals surface area contributed by atoms with Crippen LogP contribution in [0.25, 0.3) is 0 Å².